The Balaban J connectivity index is 1.57. The fraction of sp³-hybridized carbons (Fsp3) is 0.417. The van der Waals surface area contributed by atoms with Gasteiger partial charge in [0.05, 0.1) is 17.8 Å². The topological polar surface area (TPSA) is 73.5 Å². The molecule has 1 fully saturated rings. The third-order valence-electron chi connectivity index (χ3n) is 5.25. The summed E-state index contributed by atoms with van der Waals surface area (Å²) in [5.74, 6) is -0.335. The number of likely N-dealkylation sites (tertiary alicyclic amines) is 1. The number of hydrogen-bond acceptors (Lipinski definition) is 4. The van der Waals surface area contributed by atoms with Crippen LogP contribution in [-0.2, 0) is 4.79 Å². The van der Waals surface area contributed by atoms with E-state index in [0.29, 0.717) is 29.9 Å². The summed E-state index contributed by atoms with van der Waals surface area (Å²) < 4.78 is 0. The van der Waals surface area contributed by atoms with Crippen LogP contribution in [0.3, 0.4) is 0 Å². The molecule has 0 spiro atoms. The van der Waals surface area contributed by atoms with E-state index in [2.05, 4.69) is 34.7 Å². The predicted octanol–water partition coefficient (Wildman–Crippen LogP) is 3.65. The third kappa shape index (κ3) is 6.40. The number of piperidine rings is 1. The zero-order valence-electron chi connectivity index (χ0n) is 18.1. The second-order valence-corrected chi connectivity index (χ2v) is 8.29. The van der Waals surface area contributed by atoms with Crippen LogP contribution < -0.4 is 16.0 Å². The Labute approximate surface area is 179 Å². The molecule has 2 amide bonds. The van der Waals surface area contributed by atoms with E-state index in [1.54, 1.807) is 18.2 Å². The molecule has 0 atom stereocenters. The van der Waals surface area contributed by atoms with Gasteiger partial charge in [0.1, 0.15) is 0 Å². The van der Waals surface area contributed by atoms with Gasteiger partial charge in [-0.3, -0.25) is 14.5 Å². The van der Waals surface area contributed by atoms with Crippen molar-refractivity contribution in [3.8, 4) is 0 Å². The van der Waals surface area contributed by atoms with E-state index < -0.39 is 0 Å². The Hall–Kier alpha value is -2.70. The molecule has 1 aliphatic rings. The van der Waals surface area contributed by atoms with E-state index >= 15 is 0 Å². The molecule has 3 rings (SSSR count). The second kappa shape index (κ2) is 10.4. The molecule has 0 radical (unpaired) electrons. The van der Waals surface area contributed by atoms with Crippen LogP contribution in [0.2, 0.25) is 0 Å². The van der Waals surface area contributed by atoms with Crippen molar-refractivity contribution < 1.29 is 9.59 Å². The smallest absolute Gasteiger partial charge is 0.257 e. The summed E-state index contributed by atoms with van der Waals surface area (Å²) >= 11 is 0. The molecule has 2 aromatic carbocycles. The average Bonchev–Trinajstić information content (AvgIpc) is 2.69. The maximum atomic E-state index is 12.8. The van der Waals surface area contributed by atoms with Crippen molar-refractivity contribution in [3.05, 3.63) is 59.7 Å². The Kier molecular flexibility index (Phi) is 7.60. The van der Waals surface area contributed by atoms with Crippen LogP contribution >= 0.6 is 0 Å². The lowest BCUT2D eigenvalue weighted by Crippen LogP contribution is -2.46. The minimum atomic E-state index is -0.239. The number of benzene rings is 2. The number of aryl methyl sites for hydroxylation is 1. The van der Waals surface area contributed by atoms with Crippen LogP contribution in [-0.4, -0.2) is 48.4 Å². The van der Waals surface area contributed by atoms with Gasteiger partial charge in [-0.05, 0) is 49.6 Å². The third-order valence-corrected chi connectivity index (χ3v) is 5.25. The van der Waals surface area contributed by atoms with Crippen LogP contribution in [0.25, 0.3) is 0 Å². The first-order chi connectivity index (χ1) is 14.4. The van der Waals surface area contributed by atoms with E-state index in [0.717, 1.165) is 37.2 Å². The molecular formula is C24H32N4O2. The summed E-state index contributed by atoms with van der Waals surface area (Å²) in [7, 11) is 0. The van der Waals surface area contributed by atoms with Crippen LogP contribution in [0, 0.1) is 6.92 Å². The molecule has 0 bridgehead atoms. The first-order valence-electron chi connectivity index (χ1n) is 10.7. The van der Waals surface area contributed by atoms with E-state index in [4.69, 9.17) is 0 Å². The minimum absolute atomic E-state index is 0.0962. The van der Waals surface area contributed by atoms with E-state index in [1.165, 1.54) is 0 Å². The van der Waals surface area contributed by atoms with Gasteiger partial charge in [-0.2, -0.15) is 0 Å². The largest absolute Gasteiger partial charge is 0.324 e. The molecule has 0 saturated carbocycles. The van der Waals surface area contributed by atoms with Crippen molar-refractivity contribution >= 4 is 23.2 Å². The first kappa shape index (κ1) is 22.0. The fourth-order valence-electron chi connectivity index (χ4n) is 3.83. The highest BCUT2D eigenvalue weighted by Gasteiger charge is 2.21. The number of carbonyl (C=O) groups excluding carboxylic acids is 2. The molecule has 2 aromatic rings. The van der Waals surface area contributed by atoms with Crippen molar-refractivity contribution in [1.29, 1.82) is 0 Å². The van der Waals surface area contributed by atoms with Crippen molar-refractivity contribution in [2.45, 2.75) is 45.7 Å². The van der Waals surface area contributed by atoms with Crippen LogP contribution in [0.15, 0.2) is 48.5 Å². The minimum Gasteiger partial charge on any atom is -0.324 e. The Bertz CT molecular complexity index is 873. The SMILES string of the molecule is Cc1cccc(NC(=O)c2ccccc2NC(=O)CN2CCC(NC(C)C)CC2)c1. The molecule has 1 saturated heterocycles. The highest BCUT2D eigenvalue weighted by atomic mass is 16.2. The molecule has 30 heavy (non-hydrogen) atoms. The highest BCUT2D eigenvalue weighted by molar-refractivity contribution is 6.10. The van der Waals surface area contributed by atoms with Crippen LogP contribution in [0.1, 0.15) is 42.6 Å². The summed E-state index contributed by atoms with van der Waals surface area (Å²) in [6, 6.07) is 15.8. The number of amides is 2. The van der Waals surface area contributed by atoms with Gasteiger partial charge in [0.15, 0.2) is 0 Å². The molecule has 0 aliphatic carbocycles. The lowest BCUT2D eigenvalue weighted by Gasteiger charge is -2.33. The molecule has 160 valence electrons. The average molecular weight is 409 g/mol. The summed E-state index contributed by atoms with van der Waals surface area (Å²) in [5, 5.41) is 9.40. The number of nitrogens with one attached hydrogen (secondary N) is 3. The Morgan fingerprint density at radius 3 is 2.47 bits per heavy atom. The molecule has 3 N–H and O–H groups in total. The molecule has 1 heterocycles. The zero-order valence-corrected chi connectivity index (χ0v) is 18.1. The first-order valence-corrected chi connectivity index (χ1v) is 10.7. The van der Waals surface area contributed by atoms with Gasteiger partial charge in [0.25, 0.3) is 5.91 Å². The maximum Gasteiger partial charge on any atom is 0.257 e. The highest BCUT2D eigenvalue weighted by Crippen LogP contribution is 2.19. The van der Waals surface area contributed by atoms with Crippen molar-refractivity contribution in [3.63, 3.8) is 0 Å². The van der Waals surface area contributed by atoms with Gasteiger partial charge in [-0.1, -0.05) is 38.1 Å². The molecule has 1 aliphatic heterocycles. The maximum absolute atomic E-state index is 12.8. The summed E-state index contributed by atoms with van der Waals surface area (Å²) in [4.78, 5) is 27.5. The van der Waals surface area contributed by atoms with Crippen LogP contribution in [0.4, 0.5) is 11.4 Å². The Morgan fingerprint density at radius 2 is 1.77 bits per heavy atom. The van der Waals surface area contributed by atoms with Gasteiger partial charge in [0.2, 0.25) is 5.91 Å². The lowest BCUT2D eigenvalue weighted by atomic mass is 10.0. The fourth-order valence-corrected chi connectivity index (χ4v) is 3.83. The van der Waals surface area contributed by atoms with Gasteiger partial charge in [-0.25, -0.2) is 0 Å². The number of anilines is 2. The van der Waals surface area contributed by atoms with Crippen molar-refractivity contribution in [2.75, 3.05) is 30.3 Å². The quantitative estimate of drug-likeness (QED) is 0.654. The molecule has 0 unspecified atom stereocenters. The molecule has 0 aromatic heterocycles. The lowest BCUT2D eigenvalue weighted by molar-refractivity contribution is -0.117. The molecular weight excluding hydrogens is 376 g/mol. The number of nitrogens with zero attached hydrogens (tertiary/aromatic N) is 1. The van der Waals surface area contributed by atoms with E-state index in [-0.39, 0.29) is 11.8 Å². The van der Waals surface area contributed by atoms with Gasteiger partial charge < -0.3 is 16.0 Å². The summed E-state index contributed by atoms with van der Waals surface area (Å²) in [6.45, 7) is 8.42. The molecule has 6 nitrogen and oxygen atoms in total. The van der Waals surface area contributed by atoms with Crippen molar-refractivity contribution in [1.82, 2.24) is 10.2 Å². The predicted molar refractivity (Wildman–Crippen MR) is 122 cm³/mol. The molecule has 6 heteroatoms. The number of para-hydroxylation sites is 1. The van der Waals surface area contributed by atoms with E-state index in [1.807, 2.05) is 37.3 Å². The summed E-state index contributed by atoms with van der Waals surface area (Å²) in [5.41, 5.74) is 2.79. The monoisotopic (exact) mass is 408 g/mol. The van der Waals surface area contributed by atoms with Crippen LogP contribution in [0.5, 0.6) is 0 Å². The van der Waals surface area contributed by atoms with Gasteiger partial charge in [-0.15, -0.1) is 0 Å². The van der Waals surface area contributed by atoms with Gasteiger partial charge >= 0.3 is 0 Å². The number of rotatable bonds is 7. The standard InChI is InChI=1S/C24H32N4O2/c1-17(2)25-19-11-13-28(14-12-19)16-23(29)27-22-10-5-4-9-21(22)24(30)26-20-8-6-7-18(3)15-20/h4-10,15,17,19,25H,11-14,16H2,1-3H3,(H,26,30)(H,27,29). The van der Waals surface area contributed by atoms with E-state index in [9.17, 15) is 9.59 Å². The summed E-state index contributed by atoms with van der Waals surface area (Å²) in [6.07, 6.45) is 2.09. The normalized spacial score (nSPS) is 15.2. The number of carbonyl (C=O) groups is 2. The number of hydrogen-bond donors (Lipinski definition) is 3. The Morgan fingerprint density at radius 1 is 1.03 bits per heavy atom. The second-order valence-electron chi connectivity index (χ2n) is 8.29. The zero-order chi connectivity index (χ0) is 21.5. The van der Waals surface area contributed by atoms with Gasteiger partial charge in [0, 0.05) is 30.9 Å². The van der Waals surface area contributed by atoms with Crippen molar-refractivity contribution in [2.24, 2.45) is 0 Å².